The fraction of sp³-hybridized carbons (Fsp3) is 0.200. The Morgan fingerprint density at radius 2 is 1.79 bits per heavy atom. The molecule has 2 aromatic rings. The molecule has 0 aromatic heterocycles. The van der Waals surface area contributed by atoms with Crippen LogP contribution in [0, 0.1) is 13.8 Å². The molecule has 124 valence electrons. The van der Waals surface area contributed by atoms with Gasteiger partial charge in [-0.15, -0.1) is 0 Å². The monoisotopic (exact) mass is 323 g/mol. The largest absolute Gasteiger partial charge is 0.462 e. The topological polar surface area (TPSA) is 55.4 Å². The van der Waals surface area contributed by atoms with Crippen LogP contribution >= 0.6 is 0 Å². The zero-order valence-corrected chi connectivity index (χ0v) is 14.1. The summed E-state index contributed by atoms with van der Waals surface area (Å²) in [5.74, 6) is -0.583. The van der Waals surface area contributed by atoms with Gasteiger partial charge < -0.3 is 10.1 Å². The predicted octanol–water partition coefficient (Wildman–Crippen LogP) is 4.13. The SMILES string of the molecule is CCOC(=O)c1ccc(NC(=O)/C=C/c2ccc(C)cc2)c(C)c1. The van der Waals surface area contributed by atoms with Gasteiger partial charge in [-0.05, 0) is 56.2 Å². The molecule has 0 bridgehead atoms. The van der Waals surface area contributed by atoms with E-state index < -0.39 is 0 Å². The average molecular weight is 323 g/mol. The van der Waals surface area contributed by atoms with Gasteiger partial charge in [0, 0.05) is 11.8 Å². The van der Waals surface area contributed by atoms with Crippen molar-refractivity contribution >= 4 is 23.6 Å². The van der Waals surface area contributed by atoms with Crippen molar-refractivity contribution in [2.75, 3.05) is 11.9 Å². The first-order chi connectivity index (χ1) is 11.5. The second-order valence-corrected chi connectivity index (χ2v) is 5.48. The predicted molar refractivity (Wildman–Crippen MR) is 96.0 cm³/mol. The Hall–Kier alpha value is -2.88. The molecule has 1 N–H and O–H groups in total. The van der Waals surface area contributed by atoms with Crippen LogP contribution in [0.2, 0.25) is 0 Å². The van der Waals surface area contributed by atoms with Crippen molar-refractivity contribution in [3.63, 3.8) is 0 Å². The molecule has 0 spiro atoms. The van der Waals surface area contributed by atoms with E-state index in [-0.39, 0.29) is 11.9 Å². The molecule has 1 amide bonds. The molecule has 24 heavy (non-hydrogen) atoms. The molecule has 0 saturated heterocycles. The van der Waals surface area contributed by atoms with Crippen LogP contribution in [0.3, 0.4) is 0 Å². The molecule has 4 heteroatoms. The molecule has 0 unspecified atom stereocenters. The number of hydrogen-bond donors (Lipinski definition) is 1. The van der Waals surface area contributed by atoms with Crippen molar-refractivity contribution in [1.29, 1.82) is 0 Å². The molecular formula is C20H21NO3. The first-order valence-electron chi connectivity index (χ1n) is 7.83. The van der Waals surface area contributed by atoms with E-state index in [4.69, 9.17) is 4.74 Å². The summed E-state index contributed by atoms with van der Waals surface area (Å²) in [5, 5.41) is 2.81. The summed E-state index contributed by atoms with van der Waals surface area (Å²) in [5.41, 5.74) is 4.08. The van der Waals surface area contributed by atoms with Crippen molar-refractivity contribution in [3.05, 3.63) is 70.8 Å². The molecule has 0 aliphatic rings. The van der Waals surface area contributed by atoms with E-state index in [0.717, 1.165) is 11.1 Å². The molecule has 0 fully saturated rings. The van der Waals surface area contributed by atoms with Gasteiger partial charge in [0.25, 0.3) is 0 Å². The number of hydrogen-bond acceptors (Lipinski definition) is 3. The van der Waals surface area contributed by atoms with E-state index in [9.17, 15) is 9.59 Å². The second-order valence-electron chi connectivity index (χ2n) is 5.48. The van der Waals surface area contributed by atoms with Gasteiger partial charge in [0.15, 0.2) is 0 Å². The van der Waals surface area contributed by atoms with Crippen molar-refractivity contribution < 1.29 is 14.3 Å². The number of benzene rings is 2. The van der Waals surface area contributed by atoms with E-state index in [0.29, 0.717) is 17.9 Å². The molecular weight excluding hydrogens is 302 g/mol. The minimum Gasteiger partial charge on any atom is -0.462 e. The molecule has 2 aromatic carbocycles. The van der Waals surface area contributed by atoms with Gasteiger partial charge >= 0.3 is 5.97 Å². The Morgan fingerprint density at radius 1 is 1.08 bits per heavy atom. The maximum absolute atomic E-state index is 12.0. The first-order valence-corrected chi connectivity index (χ1v) is 7.83. The summed E-state index contributed by atoms with van der Waals surface area (Å²) in [6.45, 7) is 5.95. The lowest BCUT2D eigenvalue weighted by Crippen LogP contribution is -2.10. The third-order valence-corrected chi connectivity index (χ3v) is 3.50. The number of carbonyl (C=O) groups is 2. The minimum absolute atomic E-state index is 0.220. The van der Waals surface area contributed by atoms with Gasteiger partial charge in [-0.25, -0.2) is 4.79 Å². The van der Waals surface area contributed by atoms with Crippen LogP contribution in [0.5, 0.6) is 0 Å². The van der Waals surface area contributed by atoms with Crippen LogP contribution in [0.15, 0.2) is 48.5 Å². The quantitative estimate of drug-likeness (QED) is 0.665. The number of anilines is 1. The maximum atomic E-state index is 12.0. The van der Waals surface area contributed by atoms with E-state index >= 15 is 0 Å². The van der Waals surface area contributed by atoms with Crippen LogP contribution in [0.4, 0.5) is 5.69 Å². The standard InChI is InChI=1S/C20H21NO3/c1-4-24-20(23)17-10-11-18(15(3)13-17)21-19(22)12-9-16-7-5-14(2)6-8-16/h5-13H,4H2,1-3H3,(H,21,22)/b12-9+. The Bertz CT molecular complexity index is 761. The van der Waals surface area contributed by atoms with E-state index in [1.165, 1.54) is 11.6 Å². The lowest BCUT2D eigenvalue weighted by atomic mass is 10.1. The third-order valence-electron chi connectivity index (χ3n) is 3.50. The fourth-order valence-electron chi connectivity index (χ4n) is 2.17. The lowest BCUT2D eigenvalue weighted by molar-refractivity contribution is -0.111. The maximum Gasteiger partial charge on any atom is 0.338 e. The van der Waals surface area contributed by atoms with Gasteiger partial charge in [0.2, 0.25) is 5.91 Å². The van der Waals surface area contributed by atoms with Crippen molar-refractivity contribution in [1.82, 2.24) is 0 Å². The Kier molecular flexibility index (Phi) is 5.90. The summed E-state index contributed by atoms with van der Waals surface area (Å²) < 4.78 is 4.96. The Balaban J connectivity index is 2.03. The number of carbonyl (C=O) groups excluding carboxylic acids is 2. The molecule has 0 aliphatic heterocycles. The highest BCUT2D eigenvalue weighted by Gasteiger charge is 2.09. The molecule has 0 heterocycles. The van der Waals surface area contributed by atoms with Crippen molar-refractivity contribution in [2.24, 2.45) is 0 Å². The van der Waals surface area contributed by atoms with Crippen molar-refractivity contribution in [2.45, 2.75) is 20.8 Å². The van der Waals surface area contributed by atoms with E-state index in [2.05, 4.69) is 5.32 Å². The number of esters is 1. The third kappa shape index (κ3) is 4.81. The van der Waals surface area contributed by atoms with Gasteiger partial charge in [-0.2, -0.15) is 0 Å². The number of amides is 1. The first kappa shape index (κ1) is 17.5. The van der Waals surface area contributed by atoms with Crippen LogP contribution in [0.1, 0.15) is 34.0 Å². The van der Waals surface area contributed by atoms with Crippen molar-refractivity contribution in [3.8, 4) is 0 Å². The fourth-order valence-corrected chi connectivity index (χ4v) is 2.17. The molecule has 0 atom stereocenters. The molecule has 2 rings (SSSR count). The summed E-state index contributed by atoms with van der Waals surface area (Å²) in [4.78, 5) is 23.7. The minimum atomic E-state index is -0.363. The number of aryl methyl sites for hydroxylation is 2. The normalized spacial score (nSPS) is 10.6. The smallest absolute Gasteiger partial charge is 0.338 e. The number of ether oxygens (including phenoxy) is 1. The summed E-state index contributed by atoms with van der Waals surface area (Å²) in [6.07, 6.45) is 3.25. The van der Waals surface area contributed by atoms with Gasteiger partial charge in [-0.1, -0.05) is 29.8 Å². The zero-order valence-electron chi connectivity index (χ0n) is 14.1. The number of nitrogens with one attached hydrogen (secondary N) is 1. The van der Waals surface area contributed by atoms with Crippen LogP contribution < -0.4 is 5.32 Å². The summed E-state index contributed by atoms with van der Waals surface area (Å²) in [7, 11) is 0. The van der Waals surface area contributed by atoms with E-state index in [1.807, 2.05) is 38.1 Å². The second kappa shape index (κ2) is 8.11. The molecule has 4 nitrogen and oxygen atoms in total. The highest BCUT2D eigenvalue weighted by Crippen LogP contribution is 2.17. The van der Waals surface area contributed by atoms with Crippen LogP contribution in [-0.4, -0.2) is 18.5 Å². The summed E-state index contributed by atoms with van der Waals surface area (Å²) in [6, 6.07) is 13.0. The van der Waals surface area contributed by atoms with Gasteiger partial charge in [0.05, 0.1) is 12.2 Å². The summed E-state index contributed by atoms with van der Waals surface area (Å²) >= 11 is 0. The van der Waals surface area contributed by atoms with Crippen LogP contribution in [-0.2, 0) is 9.53 Å². The lowest BCUT2D eigenvalue weighted by Gasteiger charge is -2.08. The molecule has 0 saturated carbocycles. The average Bonchev–Trinajstić information content (AvgIpc) is 2.56. The Labute approximate surface area is 142 Å². The van der Waals surface area contributed by atoms with Crippen LogP contribution in [0.25, 0.3) is 6.08 Å². The van der Waals surface area contributed by atoms with E-state index in [1.54, 1.807) is 31.2 Å². The highest BCUT2D eigenvalue weighted by molar-refractivity contribution is 6.02. The number of rotatable bonds is 5. The Morgan fingerprint density at radius 3 is 2.42 bits per heavy atom. The van der Waals surface area contributed by atoms with Gasteiger partial charge in [0.1, 0.15) is 0 Å². The highest BCUT2D eigenvalue weighted by atomic mass is 16.5. The molecule has 0 aliphatic carbocycles. The molecule has 0 radical (unpaired) electrons. The van der Waals surface area contributed by atoms with Gasteiger partial charge in [-0.3, -0.25) is 4.79 Å². The zero-order chi connectivity index (χ0) is 17.5.